The first kappa shape index (κ1) is 24.9. The van der Waals surface area contributed by atoms with Gasteiger partial charge in [0.05, 0.1) is 36.2 Å². The van der Waals surface area contributed by atoms with Gasteiger partial charge in [-0.1, -0.05) is 26.0 Å². The Morgan fingerprint density at radius 3 is 2.50 bits per heavy atom. The number of halogens is 1. The molecule has 9 nitrogen and oxygen atoms in total. The first-order valence-corrected chi connectivity index (χ1v) is 10.7. The Kier molecular flexibility index (Phi) is 8.34. The van der Waals surface area contributed by atoms with Gasteiger partial charge in [-0.2, -0.15) is 0 Å². The topological polar surface area (TPSA) is 141 Å². The fourth-order valence-corrected chi connectivity index (χ4v) is 3.30. The zero-order chi connectivity index (χ0) is 24.7. The van der Waals surface area contributed by atoms with Crippen molar-refractivity contribution in [1.82, 2.24) is 19.9 Å². The number of aliphatic carboxylic acids is 1. The lowest BCUT2D eigenvalue weighted by Crippen LogP contribution is -2.19. The van der Waals surface area contributed by atoms with Gasteiger partial charge in [-0.3, -0.25) is 9.78 Å². The number of nitrogens with one attached hydrogen (secondary N) is 1. The summed E-state index contributed by atoms with van der Waals surface area (Å²) in [6.07, 6.45) is 4.82. The number of carboxylic acids is 1. The number of hydrogen-bond donors (Lipinski definition) is 4. The van der Waals surface area contributed by atoms with Crippen LogP contribution in [0.3, 0.4) is 0 Å². The molecule has 0 aliphatic heterocycles. The first-order valence-electron chi connectivity index (χ1n) is 10.7. The molecule has 3 rings (SSSR count). The zero-order valence-corrected chi connectivity index (χ0v) is 18.8. The fourth-order valence-electron chi connectivity index (χ4n) is 3.30. The van der Waals surface area contributed by atoms with Gasteiger partial charge in [0.25, 0.3) is 0 Å². The summed E-state index contributed by atoms with van der Waals surface area (Å²) in [6.45, 7) is 3.90. The van der Waals surface area contributed by atoms with Crippen molar-refractivity contribution in [2.45, 2.75) is 44.8 Å². The lowest BCUT2D eigenvalue weighted by molar-refractivity contribution is -0.139. The largest absolute Gasteiger partial charge is 0.481 e. The van der Waals surface area contributed by atoms with E-state index in [1.165, 1.54) is 30.6 Å². The van der Waals surface area contributed by atoms with Crippen LogP contribution in [0, 0.1) is 5.82 Å². The molecule has 178 valence electrons. The highest BCUT2D eigenvalue weighted by atomic mass is 19.1. The van der Waals surface area contributed by atoms with Crippen LogP contribution in [-0.4, -0.2) is 53.4 Å². The van der Waals surface area contributed by atoms with Gasteiger partial charge >= 0.3 is 5.97 Å². The summed E-state index contributed by atoms with van der Waals surface area (Å²) in [5, 5.41) is 31.9. The predicted octanol–water partition coefficient (Wildman–Crippen LogP) is 3.54. The van der Waals surface area contributed by atoms with Crippen molar-refractivity contribution in [1.29, 1.82) is 0 Å². The number of carbonyl (C=O) groups is 1. The molecule has 0 unspecified atom stereocenters. The first-order chi connectivity index (χ1) is 16.2. The number of aliphatic hydroxyl groups is 2. The van der Waals surface area contributed by atoms with Gasteiger partial charge in [-0.05, 0) is 30.2 Å². The van der Waals surface area contributed by atoms with E-state index >= 15 is 0 Å². The van der Waals surface area contributed by atoms with Gasteiger partial charge < -0.3 is 20.6 Å². The van der Waals surface area contributed by atoms with Crippen molar-refractivity contribution in [2.75, 3.05) is 5.32 Å². The average Bonchev–Trinajstić information content (AvgIpc) is 2.78. The number of hydrogen-bond acceptors (Lipinski definition) is 8. The molecule has 0 fully saturated rings. The summed E-state index contributed by atoms with van der Waals surface area (Å²) < 4.78 is 13.6. The molecule has 34 heavy (non-hydrogen) atoms. The molecule has 0 bridgehead atoms. The maximum atomic E-state index is 13.6. The fraction of sp³-hybridized carbons (Fsp3) is 0.292. The summed E-state index contributed by atoms with van der Waals surface area (Å²) in [7, 11) is 0. The van der Waals surface area contributed by atoms with Crippen molar-refractivity contribution >= 4 is 23.8 Å². The molecule has 0 saturated heterocycles. The number of aliphatic hydroxyl groups excluding tert-OH is 2. The molecular weight excluding hydrogens is 441 g/mol. The van der Waals surface area contributed by atoms with Crippen LogP contribution in [0.15, 0.2) is 48.9 Å². The highest BCUT2D eigenvalue weighted by Crippen LogP contribution is 2.31. The van der Waals surface area contributed by atoms with Gasteiger partial charge in [-0.15, -0.1) is 0 Å². The summed E-state index contributed by atoms with van der Waals surface area (Å²) >= 11 is 0. The zero-order valence-electron chi connectivity index (χ0n) is 18.8. The van der Waals surface area contributed by atoms with Crippen molar-refractivity contribution < 1.29 is 24.5 Å². The molecule has 0 amide bonds. The lowest BCUT2D eigenvalue weighted by Gasteiger charge is -2.17. The Bertz CT molecular complexity index is 1140. The molecule has 2 atom stereocenters. The van der Waals surface area contributed by atoms with E-state index in [1.807, 2.05) is 13.8 Å². The van der Waals surface area contributed by atoms with Gasteiger partial charge in [-0.25, -0.2) is 19.3 Å². The van der Waals surface area contributed by atoms with Crippen LogP contribution in [0.4, 0.5) is 16.2 Å². The standard InChI is InChI=1S/C24H26FN5O4/c1-14(2)22-19(8-7-17(31)11-18(32)12-21(33)34)23(15-3-5-16(25)6-4-15)30-24(29-22)28-20-13-26-9-10-27-20/h3-10,13-14,17-18,31-32H,11-12H2,1-2H3,(H,33,34)(H,27,28,29,30)/b8-7+/t17-,18-/m1/s1. The highest BCUT2D eigenvalue weighted by molar-refractivity contribution is 5.75. The molecule has 3 aromatic rings. The molecule has 4 N–H and O–H groups in total. The maximum absolute atomic E-state index is 13.6. The normalized spacial score (nSPS) is 13.2. The Balaban J connectivity index is 2.03. The van der Waals surface area contributed by atoms with E-state index in [4.69, 9.17) is 5.11 Å². The number of anilines is 2. The van der Waals surface area contributed by atoms with E-state index in [-0.39, 0.29) is 24.1 Å². The SMILES string of the molecule is CC(C)c1nc(Nc2cnccn2)nc(-c2ccc(F)cc2)c1/C=C/[C@@H](O)C[C@@H](O)CC(=O)O. The molecule has 0 saturated carbocycles. The summed E-state index contributed by atoms with van der Waals surface area (Å²) in [6, 6.07) is 5.84. The Labute approximate surface area is 196 Å². The second kappa shape index (κ2) is 11.4. The monoisotopic (exact) mass is 467 g/mol. The van der Waals surface area contributed by atoms with Crippen molar-refractivity contribution in [3.8, 4) is 11.3 Å². The number of nitrogens with zero attached hydrogens (tertiary/aromatic N) is 4. The number of benzene rings is 1. The number of carboxylic acid groups (broad SMARTS) is 1. The molecule has 10 heteroatoms. The van der Waals surface area contributed by atoms with E-state index in [9.17, 15) is 19.4 Å². The minimum Gasteiger partial charge on any atom is -0.481 e. The second-order valence-corrected chi connectivity index (χ2v) is 7.99. The lowest BCUT2D eigenvalue weighted by atomic mass is 9.97. The molecule has 1 aromatic carbocycles. The van der Waals surface area contributed by atoms with E-state index in [0.29, 0.717) is 28.3 Å². The molecule has 0 radical (unpaired) electrons. The van der Waals surface area contributed by atoms with Crippen LogP contribution >= 0.6 is 0 Å². The second-order valence-electron chi connectivity index (χ2n) is 7.99. The van der Waals surface area contributed by atoms with Gasteiger partial charge in [0.15, 0.2) is 5.82 Å². The van der Waals surface area contributed by atoms with E-state index in [1.54, 1.807) is 24.4 Å². The van der Waals surface area contributed by atoms with Crippen LogP contribution in [-0.2, 0) is 4.79 Å². The van der Waals surface area contributed by atoms with Crippen molar-refractivity contribution in [3.63, 3.8) is 0 Å². The highest BCUT2D eigenvalue weighted by Gasteiger charge is 2.18. The van der Waals surface area contributed by atoms with E-state index < -0.39 is 24.6 Å². The molecular formula is C24H26FN5O4. The van der Waals surface area contributed by atoms with E-state index in [0.717, 1.165) is 0 Å². The molecule has 2 heterocycles. The summed E-state index contributed by atoms with van der Waals surface area (Å²) in [5.41, 5.74) is 2.40. The van der Waals surface area contributed by atoms with Gasteiger partial charge in [0.1, 0.15) is 5.82 Å². The molecule has 0 aliphatic rings. The minimum atomic E-state index is -1.19. The minimum absolute atomic E-state index is 0.0426. The quantitative estimate of drug-likeness (QED) is 0.352. The van der Waals surface area contributed by atoms with Crippen molar-refractivity contribution in [3.05, 3.63) is 66.0 Å². The Morgan fingerprint density at radius 2 is 1.88 bits per heavy atom. The van der Waals surface area contributed by atoms with Crippen molar-refractivity contribution in [2.24, 2.45) is 0 Å². The molecule has 2 aromatic heterocycles. The summed E-state index contributed by atoms with van der Waals surface area (Å²) in [4.78, 5) is 28.2. The van der Waals surface area contributed by atoms with Crippen LogP contribution in [0.25, 0.3) is 17.3 Å². The van der Waals surface area contributed by atoms with Crippen LogP contribution in [0.2, 0.25) is 0 Å². The average molecular weight is 468 g/mol. The summed E-state index contributed by atoms with van der Waals surface area (Å²) in [5.74, 6) is -0.853. The van der Waals surface area contributed by atoms with Gasteiger partial charge in [0.2, 0.25) is 5.95 Å². The number of aromatic nitrogens is 4. The third-order valence-electron chi connectivity index (χ3n) is 4.85. The smallest absolute Gasteiger partial charge is 0.305 e. The molecule has 0 spiro atoms. The predicted molar refractivity (Wildman–Crippen MR) is 125 cm³/mol. The third kappa shape index (κ3) is 6.87. The maximum Gasteiger partial charge on any atom is 0.305 e. The van der Waals surface area contributed by atoms with Crippen LogP contribution in [0.1, 0.15) is 43.9 Å². The van der Waals surface area contributed by atoms with Crippen LogP contribution < -0.4 is 5.32 Å². The number of rotatable bonds is 10. The van der Waals surface area contributed by atoms with Crippen LogP contribution in [0.5, 0.6) is 0 Å². The Hall–Kier alpha value is -3.76. The third-order valence-corrected chi connectivity index (χ3v) is 4.85. The van der Waals surface area contributed by atoms with E-state index in [2.05, 4.69) is 25.3 Å². The molecule has 0 aliphatic carbocycles. The van der Waals surface area contributed by atoms with Gasteiger partial charge in [0, 0.05) is 29.9 Å². The Morgan fingerprint density at radius 1 is 1.15 bits per heavy atom.